The Balaban J connectivity index is 2.51. The molecule has 18 heavy (non-hydrogen) atoms. The zero-order valence-electron chi connectivity index (χ0n) is 11.9. The number of hydrogen-bond acceptors (Lipinski definition) is 3. The van der Waals surface area contributed by atoms with Gasteiger partial charge in [-0.1, -0.05) is 19.1 Å². The summed E-state index contributed by atoms with van der Waals surface area (Å²) in [5.41, 5.74) is 1.43. The van der Waals surface area contributed by atoms with Crippen LogP contribution in [0, 0.1) is 0 Å². The van der Waals surface area contributed by atoms with Gasteiger partial charge in [-0.25, -0.2) is 0 Å². The Labute approximate surface area is 115 Å². The van der Waals surface area contributed by atoms with Crippen molar-refractivity contribution in [3.8, 4) is 0 Å². The lowest BCUT2D eigenvalue weighted by Crippen LogP contribution is -2.35. The molecule has 0 saturated carbocycles. The molecule has 0 fully saturated rings. The number of hydrogen-bond donors (Lipinski definition) is 2. The monoisotopic (exact) mass is 267 g/mol. The predicted molar refractivity (Wildman–Crippen MR) is 80.1 cm³/mol. The molecule has 102 valence electrons. The highest BCUT2D eigenvalue weighted by molar-refractivity contribution is 7.99. The molecule has 1 atom stereocenters. The summed E-state index contributed by atoms with van der Waals surface area (Å²) in [6.45, 7) is 9.40. The predicted octanol–water partition coefficient (Wildman–Crippen LogP) is 3.44. The van der Waals surface area contributed by atoms with Gasteiger partial charge in [-0.15, -0.1) is 11.8 Å². The first-order chi connectivity index (χ1) is 8.40. The molecule has 1 aromatic rings. The van der Waals surface area contributed by atoms with Gasteiger partial charge in [0.05, 0.1) is 6.10 Å². The van der Waals surface area contributed by atoms with Gasteiger partial charge in [0.15, 0.2) is 0 Å². The number of thioether (sulfide) groups is 1. The molecule has 0 saturated heterocycles. The summed E-state index contributed by atoms with van der Waals surface area (Å²) in [6.07, 6.45) is 0.615. The quantitative estimate of drug-likeness (QED) is 0.774. The molecule has 2 nitrogen and oxygen atoms in total. The average Bonchev–Trinajstić information content (AvgIpc) is 2.33. The van der Waals surface area contributed by atoms with Crippen LogP contribution in [0.5, 0.6) is 0 Å². The summed E-state index contributed by atoms with van der Waals surface area (Å²) in [6, 6.07) is 8.53. The average molecular weight is 267 g/mol. The lowest BCUT2D eigenvalue weighted by atomic mass is 10.1. The Morgan fingerprint density at radius 1 is 1.33 bits per heavy atom. The maximum absolute atomic E-state index is 9.57. The minimum absolute atomic E-state index is 0.140. The summed E-state index contributed by atoms with van der Waals surface area (Å²) >= 11 is 1.72. The number of aliphatic hydroxyl groups excluding tert-OH is 1. The van der Waals surface area contributed by atoms with Crippen LogP contribution in [0.2, 0.25) is 0 Å². The third-order valence-electron chi connectivity index (χ3n) is 2.63. The summed E-state index contributed by atoms with van der Waals surface area (Å²) in [5, 5.41) is 13.0. The maximum Gasteiger partial charge on any atom is 0.0631 e. The highest BCUT2D eigenvalue weighted by Crippen LogP contribution is 2.21. The lowest BCUT2D eigenvalue weighted by molar-refractivity contribution is 0.195. The van der Waals surface area contributed by atoms with Crippen molar-refractivity contribution in [2.75, 3.05) is 5.75 Å². The molecule has 2 N–H and O–H groups in total. The molecule has 0 aliphatic carbocycles. The van der Waals surface area contributed by atoms with Gasteiger partial charge < -0.3 is 10.4 Å². The molecule has 3 heteroatoms. The zero-order chi connectivity index (χ0) is 13.6. The van der Waals surface area contributed by atoms with Crippen molar-refractivity contribution < 1.29 is 5.11 Å². The van der Waals surface area contributed by atoms with E-state index in [1.807, 2.05) is 6.92 Å². The summed E-state index contributed by atoms with van der Waals surface area (Å²) < 4.78 is 0. The highest BCUT2D eigenvalue weighted by Gasteiger charge is 2.08. The van der Waals surface area contributed by atoms with Gasteiger partial charge >= 0.3 is 0 Å². The van der Waals surface area contributed by atoms with Crippen molar-refractivity contribution in [2.24, 2.45) is 0 Å². The van der Waals surface area contributed by atoms with Gasteiger partial charge in [0.2, 0.25) is 0 Å². The molecule has 0 spiro atoms. The zero-order valence-corrected chi connectivity index (χ0v) is 12.7. The summed E-state index contributed by atoms with van der Waals surface area (Å²) in [7, 11) is 0. The van der Waals surface area contributed by atoms with E-state index in [2.05, 4.69) is 50.4 Å². The normalized spacial score (nSPS) is 13.6. The first kappa shape index (κ1) is 15.5. The van der Waals surface area contributed by atoms with E-state index in [-0.39, 0.29) is 11.6 Å². The highest BCUT2D eigenvalue weighted by atomic mass is 32.2. The van der Waals surface area contributed by atoms with E-state index in [1.165, 1.54) is 10.5 Å². The van der Waals surface area contributed by atoms with E-state index in [1.54, 1.807) is 11.8 Å². The van der Waals surface area contributed by atoms with E-state index in [9.17, 15) is 5.11 Å². The van der Waals surface area contributed by atoms with Gasteiger partial charge in [0, 0.05) is 22.7 Å². The summed E-state index contributed by atoms with van der Waals surface area (Å²) in [5.74, 6) is 0.770. The van der Waals surface area contributed by atoms with Gasteiger partial charge in [-0.3, -0.25) is 0 Å². The van der Waals surface area contributed by atoms with E-state index in [0.29, 0.717) is 0 Å². The molecule has 0 bridgehead atoms. The molecule has 0 radical (unpaired) electrons. The number of nitrogens with one attached hydrogen (secondary N) is 1. The Hall–Kier alpha value is -0.510. The van der Waals surface area contributed by atoms with E-state index in [0.717, 1.165) is 18.7 Å². The van der Waals surface area contributed by atoms with Crippen LogP contribution < -0.4 is 5.32 Å². The number of aliphatic hydroxyl groups is 1. The molecule has 1 rings (SSSR count). The molecule has 1 aromatic carbocycles. The van der Waals surface area contributed by atoms with Gasteiger partial charge in [-0.05, 0) is 44.9 Å². The molecule has 0 aliphatic heterocycles. The first-order valence-corrected chi connectivity index (χ1v) is 7.54. The van der Waals surface area contributed by atoms with Crippen molar-refractivity contribution in [3.05, 3.63) is 29.8 Å². The number of benzene rings is 1. The van der Waals surface area contributed by atoms with Crippen molar-refractivity contribution in [1.29, 1.82) is 0 Å². The fraction of sp³-hybridized carbons (Fsp3) is 0.600. The second kappa shape index (κ2) is 7.17. The maximum atomic E-state index is 9.57. The Kier molecular flexibility index (Phi) is 6.19. The molecular weight excluding hydrogens is 242 g/mol. The van der Waals surface area contributed by atoms with Crippen LogP contribution in [0.15, 0.2) is 29.2 Å². The summed E-state index contributed by atoms with van der Waals surface area (Å²) in [4.78, 5) is 1.23. The Morgan fingerprint density at radius 2 is 2.06 bits per heavy atom. The molecular formula is C15H25NOS. The van der Waals surface area contributed by atoms with Crippen LogP contribution in [0.4, 0.5) is 0 Å². The standard InChI is InChI=1S/C15H25NOS/c1-5-13(17)11-18-14-8-6-7-12(9-14)10-16-15(2,3)4/h6-9,13,16-17H,5,10-11H2,1-4H3. The number of rotatable bonds is 6. The Morgan fingerprint density at radius 3 is 2.67 bits per heavy atom. The molecule has 0 aromatic heterocycles. The largest absolute Gasteiger partial charge is 0.392 e. The molecule has 1 unspecified atom stereocenters. The van der Waals surface area contributed by atoms with Crippen LogP contribution >= 0.6 is 11.8 Å². The fourth-order valence-electron chi connectivity index (χ4n) is 1.42. The molecule has 0 aliphatic rings. The van der Waals surface area contributed by atoms with Gasteiger partial charge in [0.25, 0.3) is 0 Å². The van der Waals surface area contributed by atoms with E-state index >= 15 is 0 Å². The topological polar surface area (TPSA) is 32.3 Å². The Bertz CT molecular complexity index is 360. The van der Waals surface area contributed by atoms with Crippen molar-refractivity contribution in [2.45, 2.75) is 57.2 Å². The fourth-order valence-corrected chi connectivity index (χ4v) is 2.45. The van der Waals surface area contributed by atoms with E-state index in [4.69, 9.17) is 0 Å². The minimum atomic E-state index is -0.202. The minimum Gasteiger partial charge on any atom is -0.392 e. The SMILES string of the molecule is CCC(O)CSc1cccc(CNC(C)(C)C)c1. The van der Waals surface area contributed by atoms with Crippen LogP contribution in [0.25, 0.3) is 0 Å². The second-order valence-electron chi connectivity index (χ2n) is 5.62. The lowest BCUT2D eigenvalue weighted by Gasteiger charge is -2.20. The van der Waals surface area contributed by atoms with Crippen LogP contribution in [-0.4, -0.2) is 22.5 Å². The third kappa shape index (κ3) is 6.43. The molecule has 0 amide bonds. The third-order valence-corrected chi connectivity index (χ3v) is 3.77. The van der Waals surface area contributed by atoms with Gasteiger partial charge in [-0.2, -0.15) is 0 Å². The van der Waals surface area contributed by atoms with Crippen molar-refractivity contribution >= 4 is 11.8 Å². The van der Waals surface area contributed by atoms with Crippen LogP contribution in [0.1, 0.15) is 39.7 Å². The van der Waals surface area contributed by atoms with Crippen molar-refractivity contribution in [3.63, 3.8) is 0 Å². The first-order valence-electron chi connectivity index (χ1n) is 6.55. The smallest absolute Gasteiger partial charge is 0.0631 e. The van der Waals surface area contributed by atoms with Crippen LogP contribution in [0.3, 0.4) is 0 Å². The van der Waals surface area contributed by atoms with Crippen molar-refractivity contribution in [1.82, 2.24) is 5.32 Å². The molecule has 0 heterocycles. The second-order valence-corrected chi connectivity index (χ2v) is 6.72. The van der Waals surface area contributed by atoms with E-state index < -0.39 is 0 Å². The van der Waals surface area contributed by atoms with Gasteiger partial charge in [0.1, 0.15) is 0 Å². The van der Waals surface area contributed by atoms with Crippen LogP contribution in [-0.2, 0) is 6.54 Å².